The summed E-state index contributed by atoms with van der Waals surface area (Å²) in [4.78, 5) is 0. The van der Waals surface area contributed by atoms with Gasteiger partial charge in [0.15, 0.2) is 0 Å². The van der Waals surface area contributed by atoms with Crippen molar-refractivity contribution in [1.29, 1.82) is 0 Å². The molecule has 0 amide bonds. The highest BCUT2D eigenvalue weighted by molar-refractivity contribution is 7.89. The van der Waals surface area contributed by atoms with Crippen molar-refractivity contribution in [3.8, 4) is 0 Å². The number of nitrogens with zero attached hydrogens (tertiary/aromatic N) is 1. The van der Waals surface area contributed by atoms with Crippen LogP contribution in [0.15, 0.2) is 0 Å². The zero-order valence-electron chi connectivity index (χ0n) is 11.2. The first-order valence-corrected chi connectivity index (χ1v) is 8.50. The molecule has 2 aliphatic rings. The van der Waals surface area contributed by atoms with Crippen LogP contribution >= 0.6 is 12.4 Å². The molecule has 0 atom stereocenters. The molecule has 0 unspecified atom stereocenters. The number of piperidine rings is 1. The van der Waals surface area contributed by atoms with Crippen LogP contribution in [0.5, 0.6) is 0 Å². The summed E-state index contributed by atoms with van der Waals surface area (Å²) < 4.78 is 37.3. The Morgan fingerprint density at radius 3 is 2.32 bits per heavy atom. The van der Waals surface area contributed by atoms with Gasteiger partial charge in [0.2, 0.25) is 10.0 Å². The molecule has 0 aromatic carbocycles. The van der Waals surface area contributed by atoms with Gasteiger partial charge in [-0.1, -0.05) is 0 Å². The lowest BCUT2D eigenvalue weighted by atomic mass is 10.1. The number of sulfonamides is 1. The van der Waals surface area contributed by atoms with E-state index in [1.807, 2.05) is 0 Å². The number of rotatable bonds is 7. The first-order chi connectivity index (χ1) is 8.62. The van der Waals surface area contributed by atoms with E-state index >= 15 is 0 Å². The van der Waals surface area contributed by atoms with Crippen LogP contribution in [-0.4, -0.2) is 50.8 Å². The fraction of sp³-hybridized carbons (Fsp3) is 1.00. The Labute approximate surface area is 121 Å². The van der Waals surface area contributed by atoms with Crippen LogP contribution in [0.1, 0.15) is 32.1 Å². The predicted octanol–water partition coefficient (Wildman–Crippen LogP) is 1.56. The Kier molecular flexibility index (Phi) is 7.00. The zero-order chi connectivity index (χ0) is 13.0. The fourth-order valence-corrected chi connectivity index (χ4v) is 3.86. The molecule has 2 fully saturated rings. The van der Waals surface area contributed by atoms with Crippen LogP contribution in [0, 0.1) is 5.92 Å². The van der Waals surface area contributed by atoms with Crippen LogP contribution in [0.2, 0.25) is 0 Å². The van der Waals surface area contributed by atoms with Gasteiger partial charge < -0.3 is 5.32 Å². The summed E-state index contributed by atoms with van der Waals surface area (Å²) in [5.74, 6) is 0.806. The summed E-state index contributed by atoms with van der Waals surface area (Å²) in [6.07, 6.45) is 4.54. The van der Waals surface area contributed by atoms with E-state index < -0.39 is 16.7 Å². The van der Waals surface area contributed by atoms with Gasteiger partial charge in [-0.25, -0.2) is 12.7 Å². The van der Waals surface area contributed by atoms with E-state index in [1.165, 1.54) is 17.1 Å². The van der Waals surface area contributed by atoms with Crippen LogP contribution in [0.4, 0.5) is 4.39 Å². The van der Waals surface area contributed by atoms with Crippen LogP contribution < -0.4 is 5.32 Å². The second-order valence-electron chi connectivity index (χ2n) is 5.38. The first kappa shape index (κ1) is 17.1. The van der Waals surface area contributed by atoms with Crippen molar-refractivity contribution >= 4 is 22.4 Å². The van der Waals surface area contributed by atoms with Crippen LogP contribution in [-0.2, 0) is 10.0 Å². The Morgan fingerprint density at radius 2 is 1.79 bits per heavy atom. The minimum Gasteiger partial charge on any atom is -0.314 e. The van der Waals surface area contributed by atoms with Crippen molar-refractivity contribution in [3.05, 3.63) is 0 Å². The SMILES string of the molecule is Cl.O=S(=O)(CCCF)N1CCC(NCC2CC2)CC1. The van der Waals surface area contributed by atoms with Gasteiger partial charge >= 0.3 is 0 Å². The monoisotopic (exact) mass is 314 g/mol. The number of halogens is 2. The van der Waals surface area contributed by atoms with Gasteiger partial charge in [0.1, 0.15) is 0 Å². The molecule has 0 bridgehead atoms. The third-order valence-electron chi connectivity index (χ3n) is 3.78. The smallest absolute Gasteiger partial charge is 0.214 e. The Bertz CT molecular complexity index is 355. The zero-order valence-corrected chi connectivity index (χ0v) is 12.8. The van der Waals surface area contributed by atoms with E-state index in [1.54, 1.807) is 0 Å². The van der Waals surface area contributed by atoms with Crippen molar-refractivity contribution < 1.29 is 12.8 Å². The van der Waals surface area contributed by atoms with Gasteiger partial charge in [-0.3, -0.25) is 4.39 Å². The quantitative estimate of drug-likeness (QED) is 0.776. The van der Waals surface area contributed by atoms with Crippen molar-refractivity contribution in [2.75, 3.05) is 32.1 Å². The van der Waals surface area contributed by atoms with E-state index in [0.717, 1.165) is 25.3 Å². The summed E-state index contributed by atoms with van der Waals surface area (Å²) in [7, 11) is -3.22. The van der Waals surface area contributed by atoms with E-state index in [4.69, 9.17) is 0 Å². The highest BCUT2D eigenvalue weighted by Crippen LogP contribution is 2.28. The highest BCUT2D eigenvalue weighted by Gasteiger charge is 2.28. The van der Waals surface area contributed by atoms with Crippen LogP contribution in [0.25, 0.3) is 0 Å². The van der Waals surface area contributed by atoms with Gasteiger partial charge in [0.05, 0.1) is 12.4 Å². The Morgan fingerprint density at radius 1 is 1.16 bits per heavy atom. The molecule has 7 heteroatoms. The number of alkyl halides is 1. The van der Waals surface area contributed by atoms with Crippen molar-refractivity contribution in [3.63, 3.8) is 0 Å². The summed E-state index contributed by atoms with van der Waals surface area (Å²) >= 11 is 0. The maximum atomic E-state index is 12.0. The molecular formula is C12H24ClFN2O2S. The average Bonchev–Trinajstić information content (AvgIpc) is 3.18. The lowest BCUT2D eigenvalue weighted by Gasteiger charge is -2.31. The van der Waals surface area contributed by atoms with Crippen LogP contribution in [0.3, 0.4) is 0 Å². The second kappa shape index (κ2) is 7.76. The fourth-order valence-electron chi connectivity index (χ4n) is 2.36. The first-order valence-electron chi connectivity index (χ1n) is 6.89. The summed E-state index contributed by atoms with van der Waals surface area (Å²) in [5.41, 5.74) is 0. The maximum absolute atomic E-state index is 12.0. The van der Waals surface area contributed by atoms with E-state index in [9.17, 15) is 12.8 Å². The molecule has 19 heavy (non-hydrogen) atoms. The standard InChI is InChI=1S/C12H23FN2O2S.ClH/c13-6-1-9-18(16,17)15-7-4-12(5-8-15)14-10-11-2-3-11;/h11-12,14H,1-10H2;1H. The summed E-state index contributed by atoms with van der Waals surface area (Å²) in [6, 6.07) is 0.457. The summed E-state index contributed by atoms with van der Waals surface area (Å²) in [5, 5.41) is 3.52. The molecule has 0 aromatic rings. The van der Waals surface area contributed by atoms with Gasteiger partial charge in [-0.15, -0.1) is 12.4 Å². The molecule has 1 aliphatic heterocycles. The molecule has 0 aromatic heterocycles. The molecule has 0 radical (unpaired) electrons. The van der Waals surface area contributed by atoms with E-state index in [0.29, 0.717) is 19.1 Å². The molecule has 4 nitrogen and oxygen atoms in total. The third-order valence-corrected chi connectivity index (χ3v) is 5.73. The lowest BCUT2D eigenvalue weighted by Crippen LogP contribution is -2.46. The molecule has 114 valence electrons. The van der Waals surface area contributed by atoms with Gasteiger partial charge in [-0.05, 0) is 44.6 Å². The number of nitrogens with one attached hydrogen (secondary N) is 1. The van der Waals surface area contributed by atoms with Gasteiger partial charge in [-0.2, -0.15) is 0 Å². The molecule has 1 heterocycles. The molecular weight excluding hydrogens is 291 g/mol. The van der Waals surface area contributed by atoms with Crippen molar-refractivity contribution in [2.45, 2.75) is 38.1 Å². The molecule has 1 N–H and O–H groups in total. The number of hydrogen-bond acceptors (Lipinski definition) is 3. The predicted molar refractivity (Wildman–Crippen MR) is 76.9 cm³/mol. The Hall–Kier alpha value is 0.0900. The normalized spacial score (nSPS) is 22.2. The van der Waals surface area contributed by atoms with Gasteiger partial charge in [0, 0.05) is 19.1 Å². The largest absolute Gasteiger partial charge is 0.314 e. The lowest BCUT2D eigenvalue weighted by molar-refractivity contribution is 0.287. The van der Waals surface area contributed by atoms with Crippen molar-refractivity contribution in [2.24, 2.45) is 5.92 Å². The third kappa shape index (κ3) is 5.53. The molecule has 1 aliphatic carbocycles. The molecule has 1 saturated heterocycles. The molecule has 2 rings (SSSR count). The van der Waals surface area contributed by atoms with Crippen molar-refractivity contribution in [1.82, 2.24) is 9.62 Å². The highest BCUT2D eigenvalue weighted by atomic mass is 35.5. The van der Waals surface area contributed by atoms with E-state index in [-0.39, 0.29) is 24.6 Å². The minimum atomic E-state index is -3.22. The maximum Gasteiger partial charge on any atom is 0.214 e. The molecule has 0 spiro atoms. The average molecular weight is 315 g/mol. The van der Waals surface area contributed by atoms with E-state index in [2.05, 4.69) is 5.32 Å². The topological polar surface area (TPSA) is 49.4 Å². The Balaban J connectivity index is 0.00000180. The number of hydrogen-bond donors (Lipinski definition) is 1. The second-order valence-corrected chi connectivity index (χ2v) is 7.47. The summed E-state index contributed by atoms with van der Waals surface area (Å²) in [6.45, 7) is 1.69. The van der Waals surface area contributed by atoms with Gasteiger partial charge in [0.25, 0.3) is 0 Å². The molecule has 1 saturated carbocycles. The minimum absolute atomic E-state index is 0.